The van der Waals surface area contributed by atoms with E-state index in [9.17, 15) is 0 Å². The van der Waals surface area contributed by atoms with E-state index in [4.69, 9.17) is 0 Å². The molecule has 4 heteroatoms. The Labute approximate surface area is 98.5 Å². The number of hydrogen-bond donors (Lipinski definition) is 0. The maximum atomic E-state index is 4.59. The van der Waals surface area contributed by atoms with E-state index >= 15 is 0 Å². The van der Waals surface area contributed by atoms with Gasteiger partial charge in [0, 0.05) is 6.07 Å². The van der Waals surface area contributed by atoms with Gasteiger partial charge in [0.25, 0.3) is 5.52 Å². The number of aryl methyl sites for hydroxylation is 1. The number of rotatable bonds is 0. The lowest BCUT2D eigenvalue weighted by atomic mass is 10.2. The summed E-state index contributed by atoms with van der Waals surface area (Å²) in [5.74, 6) is 1.08. The Kier molecular flexibility index (Phi) is 1.51. The highest BCUT2D eigenvalue weighted by Crippen LogP contribution is 2.27. The molecule has 84 valence electrons. The fourth-order valence-corrected chi connectivity index (χ4v) is 2.86. The van der Waals surface area contributed by atoms with Gasteiger partial charge in [-0.15, -0.1) is 0 Å². The maximum Gasteiger partial charge on any atom is 0.257 e. The van der Waals surface area contributed by atoms with Crippen LogP contribution in [0, 0.1) is 6.92 Å². The Morgan fingerprint density at radius 3 is 3.18 bits per heavy atom. The van der Waals surface area contributed by atoms with Gasteiger partial charge in [-0.3, -0.25) is 0 Å². The van der Waals surface area contributed by atoms with Gasteiger partial charge in [0.15, 0.2) is 12.2 Å². The number of nitrogens with zero attached hydrogens (tertiary/aromatic N) is 4. The average Bonchev–Trinajstić information content (AvgIpc) is 2.66. The molecule has 1 aliphatic rings. The van der Waals surface area contributed by atoms with Crippen molar-refractivity contribution >= 4 is 22.1 Å². The lowest BCUT2D eigenvalue weighted by molar-refractivity contribution is -0.698. The smallest absolute Gasteiger partial charge is 0.257 e. The molecule has 17 heavy (non-hydrogen) atoms. The first kappa shape index (κ1) is 9.10. The molecule has 0 aromatic carbocycles. The molecule has 0 aliphatic carbocycles. The van der Waals surface area contributed by atoms with Crippen LogP contribution in [-0.2, 0) is 6.54 Å². The minimum atomic E-state index is 0.450. The zero-order valence-electron chi connectivity index (χ0n) is 9.88. The van der Waals surface area contributed by atoms with Crippen LogP contribution >= 0.6 is 0 Å². The molecule has 0 bridgehead atoms. The Balaban J connectivity index is 2.37. The Morgan fingerprint density at radius 1 is 1.41 bits per heavy atom. The SMILES string of the molecule is Cc1nc2cnc3ccc[n+]4c3c2n1CC4C. The zero-order chi connectivity index (χ0) is 11.6. The van der Waals surface area contributed by atoms with Gasteiger partial charge in [-0.25, -0.2) is 9.97 Å². The van der Waals surface area contributed by atoms with Crippen molar-refractivity contribution in [2.24, 2.45) is 0 Å². The van der Waals surface area contributed by atoms with Crippen molar-refractivity contribution in [1.29, 1.82) is 0 Å². The van der Waals surface area contributed by atoms with Gasteiger partial charge in [-0.05, 0) is 19.9 Å². The summed E-state index contributed by atoms with van der Waals surface area (Å²) in [7, 11) is 0. The van der Waals surface area contributed by atoms with E-state index in [2.05, 4.69) is 51.3 Å². The van der Waals surface area contributed by atoms with Gasteiger partial charge >= 0.3 is 0 Å². The molecule has 1 unspecified atom stereocenters. The summed E-state index contributed by atoms with van der Waals surface area (Å²) in [6.45, 7) is 5.29. The van der Waals surface area contributed by atoms with E-state index in [0.29, 0.717) is 6.04 Å². The van der Waals surface area contributed by atoms with E-state index in [-0.39, 0.29) is 0 Å². The fourth-order valence-electron chi connectivity index (χ4n) is 2.86. The Morgan fingerprint density at radius 2 is 2.29 bits per heavy atom. The second-order valence-electron chi connectivity index (χ2n) is 4.76. The van der Waals surface area contributed by atoms with Crippen molar-refractivity contribution in [2.45, 2.75) is 26.4 Å². The normalized spacial score (nSPS) is 18.4. The van der Waals surface area contributed by atoms with Crippen molar-refractivity contribution < 1.29 is 4.57 Å². The van der Waals surface area contributed by atoms with Gasteiger partial charge in [0.05, 0.1) is 12.7 Å². The molecular weight excluding hydrogens is 212 g/mol. The molecule has 3 aromatic rings. The molecule has 4 nitrogen and oxygen atoms in total. The van der Waals surface area contributed by atoms with Gasteiger partial charge in [0.1, 0.15) is 22.4 Å². The summed E-state index contributed by atoms with van der Waals surface area (Å²) in [4.78, 5) is 9.09. The third-order valence-corrected chi connectivity index (χ3v) is 3.66. The Hall–Kier alpha value is -1.97. The maximum absolute atomic E-state index is 4.59. The van der Waals surface area contributed by atoms with Gasteiger partial charge in [-0.1, -0.05) is 0 Å². The molecule has 0 N–H and O–H groups in total. The predicted molar refractivity (Wildman–Crippen MR) is 64.7 cm³/mol. The first-order valence-electron chi connectivity index (χ1n) is 5.91. The molecule has 0 amide bonds. The van der Waals surface area contributed by atoms with Crippen molar-refractivity contribution in [3.8, 4) is 0 Å². The number of pyridine rings is 2. The first-order chi connectivity index (χ1) is 8.25. The molecule has 0 saturated carbocycles. The summed E-state index contributed by atoms with van der Waals surface area (Å²) < 4.78 is 4.62. The summed E-state index contributed by atoms with van der Waals surface area (Å²) in [5.41, 5.74) is 4.49. The highest BCUT2D eigenvalue weighted by atomic mass is 15.2. The molecule has 3 aromatic heterocycles. The van der Waals surface area contributed by atoms with Crippen LogP contribution in [0.4, 0.5) is 0 Å². The highest BCUT2D eigenvalue weighted by Gasteiger charge is 2.29. The van der Waals surface area contributed by atoms with E-state index in [1.54, 1.807) is 0 Å². The van der Waals surface area contributed by atoms with Crippen molar-refractivity contribution in [3.05, 3.63) is 30.4 Å². The average molecular weight is 225 g/mol. The number of imidazole rings is 1. The second-order valence-corrected chi connectivity index (χ2v) is 4.76. The van der Waals surface area contributed by atoms with Crippen LogP contribution in [0.15, 0.2) is 24.5 Å². The molecule has 0 radical (unpaired) electrons. The van der Waals surface area contributed by atoms with Crippen LogP contribution in [-0.4, -0.2) is 14.5 Å². The second kappa shape index (κ2) is 2.83. The summed E-state index contributed by atoms with van der Waals surface area (Å²) >= 11 is 0. The van der Waals surface area contributed by atoms with Crippen molar-refractivity contribution in [3.63, 3.8) is 0 Å². The lowest BCUT2D eigenvalue weighted by Gasteiger charge is -2.17. The molecule has 0 spiro atoms. The summed E-state index contributed by atoms with van der Waals surface area (Å²) in [6, 6.07) is 4.58. The van der Waals surface area contributed by atoms with Crippen LogP contribution in [0.3, 0.4) is 0 Å². The quantitative estimate of drug-likeness (QED) is 0.546. The standard InChI is InChI=1S/C13H13N4/c1-8-7-17-9(2)15-11-6-14-10-4-3-5-16(8)12(10)13(11)17/h3-6,8H,7H2,1-2H3/q+1. The minimum Gasteiger partial charge on any atom is -0.316 e. The highest BCUT2D eigenvalue weighted by molar-refractivity contribution is 5.97. The third kappa shape index (κ3) is 1.00. The van der Waals surface area contributed by atoms with Crippen molar-refractivity contribution in [1.82, 2.24) is 14.5 Å². The van der Waals surface area contributed by atoms with Crippen LogP contribution in [0.5, 0.6) is 0 Å². The molecule has 0 fully saturated rings. The Bertz CT molecular complexity index is 757. The largest absolute Gasteiger partial charge is 0.316 e. The van der Waals surface area contributed by atoms with E-state index < -0.39 is 0 Å². The zero-order valence-corrected chi connectivity index (χ0v) is 9.88. The molecule has 0 saturated heterocycles. The van der Waals surface area contributed by atoms with Crippen LogP contribution in [0.2, 0.25) is 0 Å². The lowest BCUT2D eigenvalue weighted by Crippen LogP contribution is -2.43. The van der Waals surface area contributed by atoms with Crippen molar-refractivity contribution in [2.75, 3.05) is 0 Å². The third-order valence-electron chi connectivity index (χ3n) is 3.66. The van der Waals surface area contributed by atoms with E-state index in [0.717, 1.165) is 23.4 Å². The van der Waals surface area contributed by atoms with Gasteiger partial charge in [-0.2, -0.15) is 4.57 Å². The monoisotopic (exact) mass is 225 g/mol. The van der Waals surface area contributed by atoms with Crippen LogP contribution in [0.25, 0.3) is 22.1 Å². The fraction of sp³-hybridized carbons (Fsp3) is 0.308. The number of hydrogen-bond acceptors (Lipinski definition) is 2. The van der Waals surface area contributed by atoms with E-state index in [1.807, 2.05) is 6.20 Å². The number of aromatic nitrogens is 4. The molecule has 1 atom stereocenters. The topological polar surface area (TPSA) is 34.6 Å². The van der Waals surface area contributed by atoms with E-state index in [1.165, 1.54) is 11.0 Å². The molecular formula is C13H13N4+. The first-order valence-corrected chi connectivity index (χ1v) is 5.91. The van der Waals surface area contributed by atoms with Gasteiger partial charge < -0.3 is 4.57 Å². The molecule has 4 heterocycles. The summed E-state index contributed by atoms with van der Waals surface area (Å²) in [6.07, 6.45) is 4.02. The predicted octanol–water partition coefficient (Wildman–Crippen LogP) is 1.76. The van der Waals surface area contributed by atoms with Crippen LogP contribution in [0.1, 0.15) is 18.8 Å². The minimum absolute atomic E-state index is 0.450. The summed E-state index contributed by atoms with van der Waals surface area (Å²) in [5, 5.41) is 0. The molecule has 1 aliphatic heterocycles. The van der Waals surface area contributed by atoms with Crippen LogP contribution < -0.4 is 4.57 Å². The molecule has 4 rings (SSSR count). The van der Waals surface area contributed by atoms with Gasteiger partial charge in [0.2, 0.25) is 0 Å².